The van der Waals surface area contributed by atoms with Gasteiger partial charge < -0.3 is 14.5 Å². The Labute approximate surface area is 223 Å². The molecule has 2 aliphatic carbocycles. The van der Waals surface area contributed by atoms with Crippen molar-refractivity contribution >= 4 is 33.3 Å². The summed E-state index contributed by atoms with van der Waals surface area (Å²) in [5, 5.41) is 0. The van der Waals surface area contributed by atoms with E-state index in [9.17, 15) is 18.0 Å². The van der Waals surface area contributed by atoms with Crippen molar-refractivity contribution in [2.45, 2.75) is 61.8 Å². The number of aromatic nitrogens is 1. The number of nitrogens with zero attached hydrogens (tertiary/aromatic N) is 4. The number of hydrogen-bond acceptors (Lipinski definition) is 7. The molecule has 0 unspecified atom stereocenters. The van der Waals surface area contributed by atoms with Crippen LogP contribution in [0.15, 0.2) is 35.4 Å². The number of pyridine rings is 1. The fourth-order valence-electron chi connectivity index (χ4n) is 5.59. The van der Waals surface area contributed by atoms with Crippen LogP contribution >= 0.6 is 0 Å². The number of carbonyl (C=O) groups excluding carboxylic acids is 2. The summed E-state index contributed by atoms with van der Waals surface area (Å²) in [6.07, 6.45) is 7.49. The quantitative estimate of drug-likeness (QED) is 0.549. The topological polar surface area (TPSA) is 100 Å². The molecule has 2 saturated carbocycles. The maximum absolute atomic E-state index is 13.6. The van der Waals surface area contributed by atoms with Gasteiger partial charge in [-0.1, -0.05) is 6.07 Å². The maximum atomic E-state index is 13.6. The van der Waals surface area contributed by atoms with Gasteiger partial charge in [-0.25, -0.2) is 18.2 Å². The molecule has 2 aliphatic heterocycles. The van der Waals surface area contributed by atoms with Crippen LogP contribution < -0.4 is 9.80 Å². The fourth-order valence-corrected chi connectivity index (χ4v) is 6.47. The van der Waals surface area contributed by atoms with Crippen molar-refractivity contribution in [1.82, 2.24) is 9.88 Å². The molecule has 2 amide bonds. The van der Waals surface area contributed by atoms with Crippen LogP contribution in [0, 0.1) is 0 Å². The molecule has 6 rings (SSSR count). The summed E-state index contributed by atoms with van der Waals surface area (Å²) in [6, 6.07) is 6.91. The Hall–Kier alpha value is -3.14. The largest absolute Gasteiger partial charge is 0.447 e. The van der Waals surface area contributed by atoms with Gasteiger partial charge in [0.15, 0.2) is 9.84 Å². The second kappa shape index (κ2) is 8.97. The summed E-state index contributed by atoms with van der Waals surface area (Å²) in [5.41, 5.74) is 2.59. The molecule has 9 nitrogen and oxygen atoms in total. The van der Waals surface area contributed by atoms with E-state index in [0.29, 0.717) is 43.7 Å². The van der Waals surface area contributed by atoms with Crippen LogP contribution in [0.4, 0.5) is 16.3 Å². The van der Waals surface area contributed by atoms with Crippen LogP contribution in [0.5, 0.6) is 0 Å². The molecule has 4 aliphatic rings. The second-order valence-corrected chi connectivity index (χ2v) is 13.6. The van der Waals surface area contributed by atoms with Crippen LogP contribution in [-0.4, -0.2) is 74.9 Å². The SMILES string of the molecule is CC1(C)COC(=O)N1c1ccc(C(=O)N2CCN(c3ncc(C4CC4)cc3C3CC3)CC2)c(S(C)(=O)=O)c1. The van der Waals surface area contributed by atoms with Gasteiger partial charge in [0.25, 0.3) is 5.91 Å². The summed E-state index contributed by atoms with van der Waals surface area (Å²) in [6.45, 7) is 6.13. The average molecular weight is 539 g/mol. The standard InChI is InChI=1S/C28H34N4O5S/c1-28(2)17-37-27(34)32(28)21-8-9-22(24(15-21)38(3,35)36)26(33)31-12-10-30(11-13-31)25-23(19-6-7-19)14-20(16-29-25)18-4-5-18/h8-9,14-16,18-19H,4-7,10-13,17H2,1-3H3. The van der Waals surface area contributed by atoms with Gasteiger partial charge in [-0.05, 0) is 80.7 Å². The van der Waals surface area contributed by atoms with Gasteiger partial charge in [0, 0.05) is 44.3 Å². The normalized spacial score (nSPS) is 21.6. The van der Waals surface area contributed by atoms with Crippen LogP contribution in [0.3, 0.4) is 0 Å². The molecule has 2 saturated heterocycles. The van der Waals surface area contributed by atoms with Crippen LogP contribution in [0.2, 0.25) is 0 Å². The number of amides is 2. The lowest BCUT2D eigenvalue weighted by molar-refractivity contribution is 0.0742. The molecule has 202 valence electrons. The molecule has 38 heavy (non-hydrogen) atoms. The molecule has 0 N–H and O–H groups in total. The van der Waals surface area contributed by atoms with Crippen LogP contribution in [-0.2, 0) is 14.6 Å². The maximum Gasteiger partial charge on any atom is 0.414 e. The smallest absolute Gasteiger partial charge is 0.414 e. The molecule has 10 heteroatoms. The predicted octanol–water partition coefficient (Wildman–Crippen LogP) is 3.94. The zero-order chi connectivity index (χ0) is 26.8. The van der Waals surface area contributed by atoms with E-state index in [1.807, 2.05) is 20.0 Å². The lowest BCUT2D eigenvalue weighted by atomic mass is 10.0. The van der Waals surface area contributed by atoms with E-state index >= 15 is 0 Å². The minimum atomic E-state index is -3.74. The molecular weight excluding hydrogens is 504 g/mol. The summed E-state index contributed by atoms with van der Waals surface area (Å²) >= 11 is 0. The molecule has 0 radical (unpaired) electrons. The number of rotatable bonds is 6. The third-order valence-corrected chi connectivity index (χ3v) is 9.18. The van der Waals surface area contributed by atoms with E-state index in [0.717, 1.165) is 12.1 Å². The van der Waals surface area contributed by atoms with Gasteiger partial charge in [-0.15, -0.1) is 0 Å². The van der Waals surface area contributed by atoms with E-state index in [4.69, 9.17) is 9.72 Å². The first-order chi connectivity index (χ1) is 18.0. The van der Waals surface area contributed by atoms with Gasteiger partial charge in [-0.2, -0.15) is 0 Å². The number of anilines is 2. The summed E-state index contributed by atoms with van der Waals surface area (Å²) < 4.78 is 30.7. The number of carbonyl (C=O) groups is 2. The van der Waals surface area contributed by atoms with Gasteiger partial charge in [0.05, 0.1) is 16.0 Å². The predicted molar refractivity (Wildman–Crippen MR) is 144 cm³/mol. The Morgan fingerprint density at radius 2 is 1.71 bits per heavy atom. The monoisotopic (exact) mass is 538 g/mol. The van der Waals surface area contributed by atoms with Crippen molar-refractivity contribution in [2.24, 2.45) is 0 Å². The fraction of sp³-hybridized carbons (Fsp3) is 0.536. The molecule has 0 atom stereocenters. The first kappa shape index (κ1) is 25.2. The molecule has 0 bridgehead atoms. The van der Waals surface area contributed by atoms with Crippen molar-refractivity contribution in [1.29, 1.82) is 0 Å². The van der Waals surface area contributed by atoms with E-state index < -0.39 is 21.5 Å². The first-order valence-corrected chi connectivity index (χ1v) is 15.3. The van der Waals surface area contributed by atoms with Gasteiger partial charge in [0.1, 0.15) is 12.4 Å². The zero-order valence-corrected chi connectivity index (χ0v) is 23.0. The summed E-state index contributed by atoms with van der Waals surface area (Å²) in [4.78, 5) is 36.1. The minimum Gasteiger partial charge on any atom is -0.447 e. The Balaban J connectivity index is 1.22. The first-order valence-electron chi connectivity index (χ1n) is 13.4. The van der Waals surface area contributed by atoms with E-state index in [1.165, 1.54) is 53.8 Å². The van der Waals surface area contributed by atoms with Crippen molar-refractivity contribution in [3.05, 3.63) is 47.2 Å². The number of sulfone groups is 1. The highest BCUT2D eigenvalue weighted by atomic mass is 32.2. The number of piperazine rings is 1. The molecule has 2 aromatic rings. The van der Waals surface area contributed by atoms with Crippen molar-refractivity contribution in [3.63, 3.8) is 0 Å². The lowest BCUT2D eigenvalue weighted by Crippen LogP contribution is -2.49. The molecule has 1 aromatic carbocycles. The minimum absolute atomic E-state index is 0.0775. The molecule has 1 aromatic heterocycles. The highest BCUT2D eigenvalue weighted by Crippen LogP contribution is 2.47. The highest BCUT2D eigenvalue weighted by Gasteiger charge is 2.42. The molecule has 4 fully saturated rings. The number of hydrogen-bond donors (Lipinski definition) is 0. The number of ether oxygens (including phenoxy) is 1. The highest BCUT2D eigenvalue weighted by molar-refractivity contribution is 7.90. The number of benzene rings is 1. The molecule has 0 spiro atoms. The van der Waals surface area contributed by atoms with Gasteiger partial charge in [0.2, 0.25) is 0 Å². The van der Waals surface area contributed by atoms with Gasteiger partial charge in [-0.3, -0.25) is 9.69 Å². The molecular formula is C28H34N4O5S. The summed E-state index contributed by atoms with van der Waals surface area (Å²) in [7, 11) is -3.74. The third kappa shape index (κ3) is 4.63. The Morgan fingerprint density at radius 3 is 2.29 bits per heavy atom. The van der Waals surface area contributed by atoms with Crippen molar-refractivity contribution in [2.75, 3.05) is 48.8 Å². The van der Waals surface area contributed by atoms with Crippen LogP contribution in [0.1, 0.15) is 72.9 Å². The Bertz CT molecular complexity index is 1410. The second-order valence-electron chi connectivity index (χ2n) is 11.7. The van der Waals surface area contributed by atoms with Crippen molar-refractivity contribution in [3.8, 4) is 0 Å². The van der Waals surface area contributed by atoms with Crippen molar-refractivity contribution < 1.29 is 22.7 Å². The van der Waals surface area contributed by atoms with Gasteiger partial charge >= 0.3 is 6.09 Å². The third-order valence-electron chi connectivity index (χ3n) is 8.04. The average Bonchev–Trinajstić information content (AvgIpc) is 3.80. The van der Waals surface area contributed by atoms with E-state index in [2.05, 4.69) is 11.0 Å². The van der Waals surface area contributed by atoms with E-state index in [-0.39, 0.29) is 23.0 Å². The Kier molecular flexibility index (Phi) is 5.93. The van der Waals surface area contributed by atoms with E-state index in [1.54, 1.807) is 11.0 Å². The van der Waals surface area contributed by atoms with Crippen LogP contribution in [0.25, 0.3) is 0 Å². The molecule has 3 heterocycles. The number of cyclic esters (lactones) is 1. The lowest BCUT2D eigenvalue weighted by Gasteiger charge is -2.36. The zero-order valence-electron chi connectivity index (χ0n) is 22.1. The summed E-state index contributed by atoms with van der Waals surface area (Å²) in [5.74, 6) is 1.97. The Morgan fingerprint density at radius 1 is 1.03 bits per heavy atom.